The Morgan fingerprint density at radius 1 is 1.33 bits per heavy atom. The Labute approximate surface area is 135 Å². The van der Waals surface area contributed by atoms with Crippen molar-refractivity contribution in [3.63, 3.8) is 0 Å². The Hall–Kier alpha value is -3.01. The molecule has 0 aliphatic rings. The van der Waals surface area contributed by atoms with E-state index in [1.165, 1.54) is 30.3 Å². The van der Waals surface area contributed by atoms with Crippen LogP contribution in [0.2, 0.25) is 0 Å². The summed E-state index contributed by atoms with van der Waals surface area (Å²) in [5.74, 6) is -0.447. The van der Waals surface area contributed by atoms with E-state index in [1.807, 2.05) is 0 Å². The van der Waals surface area contributed by atoms with Crippen LogP contribution in [0, 0.1) is 11.3 Å². The van der Waals surface area contributed by atoms with E-state index in [0.717, 1.165) is 12.1 Å². The molecule has 0 atom stereocenters. The smallest absolute Gasteiger partial charge is 0.416 e. The maximum absolute atomic E-state index is 12.7. The van der Waals surface area contributed by atoms with E-state index in [4.69, 9.17) is 14.4 Å². The number of halogens is 3. The Morgan fingerprint density at radius 2 is 2.08 bits per heavy atom. The molecule has 1 heterocycles. The van der Waals surface area contributed by atoms with Crippen molar-refractivity contribution in [3.05, 3.63) is 53.3 Å². The first-order valence-corrected chi connectivity index (χ1v) is 6.91. The number of benzene rings is 1. The van der Waals surface area contributed by atoms with Gasteiger partial charge in [-0.3, -0.25) is 0 Å². The molecule has 7 heteroatoms. The summed E-state index contributed by atoms with van der Waals surface area (Å²) in [4.78, 5) is 11.5. The first kappa shape index (κ1) is 17.3. The van der Waals surface area contributed by atoms with E-state index in [9.17, 15) is 18.0 Å². The molecule has 0 unspecified atom stereocenters. The minimum Gasteiger partial charge on any atom is -0.462 e. The lowest BCUT2D eigenvalue weighted by atomic mass is 10.1. The number of esters is 1. The number of nitrogens with zero attached hydrogens (tertiary/aromatic N) is 1. The highest BCUT2D eigenvalue weighted by Crippen LogP contribution is 2.32. The Bertz CT molecular complexity index is 813. The number of carbonyl (C=O) groups excluding carboxylic acids is 1. The molecule has 0 saturated carbocycles. The highest BCUT2D eigenvalue weighted by atomic mass is 19.4. The summed E-state index contributed by atoms with van der Waals surface area (Å²) in [5.41, 5.74) is -0.821. The fourth-order valence-electron chi connectivity index (χ4n) is 1.92. The van der Waals surface area contributed by atoms with E-state index in [-0.39, 0.29) is 29.3 Å². The highest BCUT2D eigenvalue weighted by molar-refractivity contribution is 5.97. The second-order valence-electron chi connectivity index (χ2n) is 4.67. The van der Waals surface area contributed by atoms with Crippen molar-refractivity contribution in [1.29, 1.82) is 5.26 Å². The van der Waals surface area contributed by atoms with Crippen LogP contribution in [-0.4, -0.2) is 12.6 Å². The van der Waals surface area contributed by atoms with Crippen LogP contribution >= 0.6 is 0 Å². The van der Waals surface area contributed by atoms with Crippen LogP contribution in [0.25, 0.3) is 17.4 Å². The largest absolute Gasteiger partial charge is 0.462 e. The van der Waals surface area contributed by atoms with Gasteiger partial charge in [0.1, 0.15) is 23.2 Å². The number of ether oxygens (including phenoxy) is 1. The number of hydrogen-bond donors (Lipinski definition) is 0. The predicted molar refractivity (Wildman–Crippen MR) is 79.4 cm³/mol. The van der Waals surface area contributed by atoms with Gasteiger partial charge in [-0.15, -0.1) is 0 Å². The van der Waals surface area contributed by atoms with Gasteiger partial charge in [-0.05, 0) is 31.2 Å². The van der Waals surface area contributed by atoms with Crippen molar-refractivity contribution in [2.24, 2.45) is 0 Å². The number of hydrogen-bond acceptors (Lipinski definition) is 4. The Kier molecular flexibility index (Phi) is 5.09. The van der Waals surface area contributed by atoms with Gasteiger partial charge in [0.2, 0.25) is 0 Å². The van der Waals surface area contributed by atoms with Crippen molar-refractivity contribution in [1.82, 2.24) is 0 Å². The summed E-state index contributed by atoms with van der Waals surface area (Å²) < 4.78 is 48.3. The molecule has 0 radical (unpaired) electrons. The van der Waals surface area contributed by atoms with Crippen molar-refractivity contribution in [2.75, 3.05) is 6.61 Å². The molecule has 0 aliphatic heterocycles. The van der Waals surface area contributed by atoms with Gasteiger partial charge in [0.05, 0.1) is 12.2 Å². The van der Waals surface area contributed by atoms with Crippen molar-refractivity contribution < 1.29 is 27.1 Å². The number of rotatable bonds is 4. The fraction of sp³-hybridized carbons (Fsp3) is 0.176. The van der Waals surface area contributed by atoms with Crippen LogP contribution in [0.4, 0.5) is 13.2 Å². The van der Waals surface area contributed by atoms with Crippen molar-refractivity contribution in [3.8, 4) is 17.4 Å². The molecule has 24 heavy (non-hydrogen) atoms. The molecular weight excluding hydrogens is 323 g/mol. The zero-order valence-electron chi connectivity index (χ0n) is 12.6. The number of carbonyl (C=O) groups is 1. The van der Waals surface area contributed by atoms with Crippen LogP contribution < -0.4 is 0 Å². The van der Waals surface area contributed by atoms with Crippen LogP contribution in [-0.2, 0) is 15.7 Å². The fourth-order valence-corrected chi connectivity index (χ4v) is 1.92. The summed E-state index contributed by atoms with van der Waals surface area (Å²) in [6.45, 7) is 1.72. The molecule has 1 aromatic carbocycles. The maximum Gasteiger partial charge on any atom is 0.416 e. The summed E-state index contributed by atoms with van der Waals surface area (Å²) in [6.07, 6.45) is -3.28. The molecule has 0 aliphatic carbocycles. The second kappa shape index (κ2) is 7.04. The third kappa shape index (κ3) is 4.04. The van der Waals surface area contributed by atoms with Crippen LogP contribution in [0.15, 0.2) is 46.4 Å². The van der Waals surface area contributed by atoms with Gasteiger partial charge < -0.3 is 9.15 Å². The topological polar surface area (TPSA) is 63.2 Å². The molecule has 0 bridgehead atoms. The Morgan fingerprint density at radius 3 is 2.71 bits per heavy atom. The van der Waals surface area contributed by atoms with Gasteiger partial charge in [-0.1, -0.05) is 12.1 Å². The van der Waals surface area contributed by atoms with E-state index < -0.39 is 17.7 Å². The molecule has 1 aromatic heterocycles. The highest BCUT2D eigenvalue weighted by Gasteiger charge is 2.30. The third-order valence-electron chi connectivity index (χ3n) is 3.00. The summed E-state index contributed by atoms with van der Waals surface area (Å²) >= 11 is 0. The van der Waals surface area contributed by atoms with Gasteiger partial charge in [0, 0.05) is 11.6 Å². The summed E-state index contributed by atoms with van der Waals surface area (Å²) in [5, 5.41) is 8.95. The summed E-state index contributed by atoms with van der Waals surface area (Å²) in [6, 6.07) is 9.27. The third-order valence-corrected chi connectivity index (χ3v) is 3.00. The monoisotopic (exact) mass is 335 g/mol. The zero-order valence-corrected chi connectivity index (χ0v) is 12.6. The molecule has 0 saturated heterocycles. The van der Waals surface area contributed by atoms with E-state index in [0.29, 0.717) is 0 Å². The van der Waals surface area contributed by atoms with Gasteiger partial charge in [0.15, 0.2) is 0 Å². The molecule has 0 amide bonds. The molecule has 124 valence electrons. The predicted octanol–water partition coefficient (Wildman–Crippen LogP) is 4.44. The van der Waals surface area contributed by atoms with Gasteiger partial charge in [0.25, 0.3) is 0 Å². The van der Waals surface area contributed by atoms with E-state index >= 15 is 0 Å². The van der Waals surface area contributed by atoms with E-state index in [2.05, 4.69) is 0 Å². The minimum absolute atomic E-state index is 0.117. The Balaban J connectivity index is 2.31. The standard InChI is InChI=1S/C17H12F3NO3/c1-2-23-16(22)12(10-21)9-14-6-7-15(24-14)11-4-3-5-13(8-11)17(18,19)20/h3-9H,2H2,1H3/b12-9+. The SMILES string of the molecule is CCOC(=O)/C(C#N)=C/c1ccc(-c2cccc(C(F)(F)F)c2)o1. The minimum atomic E-state index is -4.46. The lowest BCUT2D eigenvalue weighted by Crippen LogP contribution is -2.05. The van der Waals surface area contributed by atoms with Crippen LogP contribution in [0.1, 0.15) is 18.2 Å². The molecule has 0 N–H and O–H groups in total. The van der Waals surface area contributed by atoms with Gasteiger partial charge in [-0.2, -0.15) is 18.4 Å². The van der Waals surface area contributed by atoms with E-state index in [1.54, 1.807) is 13.0 Å². The van der Waals surface area contributed by atoms with Gasteiger partial charge >= 0.3 is 12.1 Å². The molecule has 4 nitrogen and oxygen atoms in total. The average Bonchev–Trinajstić information content (AvgIpc) is 3.00. The number of furan rings is 1. The lowest BCUT2D eigenvalue weighted by molar-refractivity contribution is -0.138. The molecular formula is C17H12F3NO3. The molecule has 0 spiro atoms. The van der Waals surface area contributed by atoms with Crippen molar-refractivity contribution in [2.45, 2.75) is 13.1 Å². The first-order chi connectivity index (χ1) is 11.3. The quantitative estimate of drug-likeness (QED) is 0.471. The van der Waals surface area contributed by atoms with Crippen molar-refractivity contribution >= 4 is 12.0 Å². The summed E-state index contributed by atoms with van der Waals surface area (Å²) in [7, 11) is 0. The van der Waals surface area contributed by atoms with Crippen LogP contribution in [0.5, 0.6) is 0 Å². The normalized spacial score (nSPS) is 11.9. The number of nitriles is 1. The molecule has 0 fully saturated rings. The second-order valence-corrected chi connectivity index (χ2v) is 4.67. The number of alkyl halides is 3. The maximum atomic E-state index is 12.7. The average molecular weight is 335 g/mol. The molecule has 2 aromatic rings. The lowest BCUT2D eigenvalue weighted by Gasteiger charge is -2.07. The van der Waals surface area contributed by atoms with Gasteiger partial charge in [-0.25, -0.2) is 4.79 Å². The van der Waals surface area contributed by atoms with Crippen LogP contribution in [0.3, 0.4) is 0 Å². The zero-order chi connectivity index (χ0) is 17.7. The molecule has 2 rings (SSSR count). The first-order valence-electron chi connectivity index (χ1n) is 6.91.